The molecule has 6 rings (SSSR count). The number of aryl methyl sites for hydroxylation is 1. The fourth-order valence-electron chi connectivity index (χ4n) is 4.84. The summed E-state index contributed by atoms with van der Waals surface area (Å²) in [4.78, 5) is 21.2. The van der Waals surface area contributed by atoms with Crippen molar-refractivity contribution in [3.05, 3.63) is 36.4 Å². The zero-order valence-electron chi connectivity index (χ0n) is 16.9. The minimum Gasteiger partial charge on any atom is -0.491 e. The number of nitrogens with one attached hydrogen (secondary N) is 1. The predicted molar refractivity (Wildman–Crippen MR) is 117 cm³/mol. The van der Waals surface area contributed by atoms with Crippen LogP contribution < -0.4 is 19.9 Å². The van der Waals surface area contributed by atoms with E-state index in [4.69, 9.17) is 9.72 Å². The third kappa shape index (κ3) is 2.80. The number of ether oxygens (including phenoxy) is 1. The highest BCUT2D eigenvalue weighted by Crippen LogP contribution is 2.38. The van der Waals surface area contributed by atoms with Gasteiger partial charge in [-0.2, -0.15) is 0 Å². The van der Waals surface area contributed by atoms with Gasteiger partial charge in [-0.05, 0) is 49.6 Å². The number of carbonyl (C=O) groups excluding carboxylic acids is 1. The predicted octanol–water partition coefficient (Wildman–Crippen LogP) is 3.62. The van der Waals surface area contributed by atoms with Gasteiger partial charge in [0.25, 0.3) is 0 Å². The molecule has 0 atom stereocenters. The van der Waals surface area contributed by atoms with Crippen LogP contribution in [0, 0.1) is 0 Å². The number of amides is 2. The molecule has 3 aliphatic rings. The molecule has 1 aromatic heterocycles. The minimum absolute atomic E-state index is 0.0305. The van der Waals surface area contributed by atoms with Crippen LogP contribution in [-0.2, 0) is 6.54 Å². The summed E-state index contributed by atoms with van der Waals surface area (Å²) in [6, 6.07) is 12.5. The normalized spacial score (nSPS) is 18.6. The Morgan fingerprint density at radius 2 is 1.77 bits per heavy atom. The molecule has 0 saturated carbocycles. The number of benzene rings is 2. The zero-order valence-corrected chi connectivity index (χ0v) is 16.9. The highest BCUT2D eigenvalue weighted by atomic mass is 16.5. The van der Waals surface area contributed by atoms with Gasteiger partial charge in [0, 0.05) is 55.7 Å². The lowest BCUT2D eigenvalue weighted by molar-refractivity contribution is 0.252. The molecule has 7 nitrogen and oxygen atoms in total. The standard InChI is InChI=1S/C23H25N5O2/c29-23-24-8-12-27(23)17-6-4-16(5-7-17)22-25-19-14-18(26-9-1-2-10-26)15-20-21(19)28(22)11-3-13-30-20/h4-7,14-15H,1-3,8-13H2,(H,24,29). The topological polar surface area (TPSA) is 62.6 Å². The van der Waals surface area contributed by atoms with Crippen LogP contribution in [0.1, 0.15) is 19.3 Å². The van der Waals surface area contributed by atoms with Crippen molar-refractivity contribution in [3.63, 3.8) is 0 Å². The molecule has 2 fully saturated rings. The van der Waals surface area contributed by atoms with Crippen molar-refractivity contribution >= 4 is 28.4 Å². The largest absolute Gasteiger partial charge is 0.491 e. The van der Waals surface area contributed by atoms with Crippen LogP contribution in [-0.4, -0.2) is 48.4 Å². The maximum Gasteiger partial charge on any atom is 0.321 e. The van der Waals surface area contributed by atoms with Crippen molar-refractivity contribution in [1.29, 1.82) is 0 Å². The fourth-order valence-corrected chi connectivity index (χ4v) is 4.84. The first-order valence-corrected chi connectivity index (χ1v) is 10.9. The van der Waals surface area contributed by atoms with E-state index in [1.807, 2.05) is 12.1 Å². The molecule has 0 aliphatic carbocycles. The minimum atomic E-state index is -0.0305. The smallest absolute Gasteiger partial charge is 0.321 e. The second kappa shape index (κ2) is 6.93. The number of urea groups is 1. The van der Waals surface area contributed by atoms with Crippen LogP contribution >= 0.6 is 0 Å². The van der Waals surface area contributed by atoms with Gasteiger partial charge in [-0.3, -0.25) is 4.90 Å². The van der Waals surface area contributed by atoms with E-state index in [0.29, 0.717) is 13.1 Å². The molecule has 0 spiro atoms. The number of anilines is 2. The van der Waals surface area contributed by atoms with E-state index in [1.54, 1.807) is 4.90 Å². The third-order valence-electron chi connectivity index (χ3n) is 6.34. The SMILES string of the molecule is O=C1NCCN1c1ccc(-c2nc3cc(N4CCCC4)cc4c3n2CCCO4)cc1. The molecular formula is C23H25N5O2. The lowest BCUT2D eigenvalue weighted by Gasteiger charge is -2.18. The number of hydrogen-bond donors (Lipinski definition) is 1. The molecule has 0 unspecified atom stereocenters. The van der Waals surface area contributed by atoms with Crippen LogP contribution in [0.5, 0.6) is 5.75 Å². The molecule has 0 radical (unpaired) electrons. The molecule has 154 valence electrons. The van der Waals surface area contributed by atoms with Gasteiger partial charge in [0.2, 0.25) is 0 Å². The van der Waals surface area contributed by atoms with Gasteiger partial charge < -0.3 is 19.5 Å². The Labute approximate surface area is 175 Å². The van der Waals surface area contributed by atoms with E-state index < -0.39 is 0 Å². The maximum atomic E-state index is 12.0. The summed E-state index contributed by atoms with van der Waals surface area (Å²) in [6.07, 6.45) is 3.45. The molecule has 2 amide bonds. The van der Waals surface area contributed by atoms with Crippen LogP contribution in [0.4, 0.5) is 16.2 Å². The van der Waals surface area contributed by atoms with Gasteiger partial charge >= 0.3 is 6.03 Å². The first kappa shape index (κ1) is 17.6. The Hall–Kier alpha value is -3.22. The second-order valence-corrected chi connectivity index (χ2v) is 8.23. The number of nitrogens with zero attached hydrogens (tertiary/aromatic N) is 4. The molecule has 2 aromatic carbocycles. The second-order valence-electron chi connectivity index (χ2n) is 8.23. The van der Waals surface area contributed by atoms with Gasteiger partial charge in [-0.15, -0.1) is 0 Å². The molecule has 1 N–H and O–H groups in total. The number of aromatic nitrogens is 2. The Kier molecular flexibility index (Phi) is 4.07. The van der Waals surface area contributed by atoms with Crippen molar-refractivity contribution in [3.8, 4) is 17.1 Å². The number of rotatable bonds is 3. The highest BCUT2D eigenvalue weighted by molar-refractivity contribution is 5.94. The fraction of sp³-hybridized carbons (Fsp3) is 0.391. The van der Waals surface area contributed by atoms with Gasteiger partial charge in [-0.25, -0.2) is 9.78 Å². The molecule has 4 heterocycles. The van der Waals surface area contributed by atoms with Crippen LogP contribution in [0.3, 0.4) is 0 Å². The monoisotopic (exact) mass is 403 g/mol. The number of hydrogen-bond acceptors (Lipinski definition) is 4. The van der Waals surface area contributed by atoms with Gasteiger partial charge in [-0.1, -0.05) is 0 Å². The number of carbonyl (C=O) groups is 1. The van der Waals surface area contributed by atoms with Crippen molar-refractivity contribution in [2.45, 2.75) is 25.8 Å². The van der Waals surface area contributed by atoms with Crippen molar-refractivity contribution in [2.75, 3.05) is 42.6 Å². The molecule has 3 aromatic rings. The summed E-state index contributed by atoms with van der Waals surface area (Å²) in [5.74, 6) is 1.91. The van der Waals surface area contributed by atoms with E-state index in [2.05, 4.69) is 39.0 Å². The molecular weight excluding hydrogens is 378 g/mol. The van der Waals surface area contributed by atoms with Crippen LogP contribution in [0.15, 0.2) is 36.4 Å². The average molecular weight is 403 g/mol. The van der Waals surface area contributed by atoms with Crippen molar-refractivity contribution in [1.82, 2.24) is 14.9 Å². The molecule has 0 bridgehead atoms. The lowest BCUT2D eigenvalue weighted by atomic mass is 10.2. The zero-order chi connectivity index (χ0) is 20.1. The average Bonchev–Trinajstić information content (AvgIpc) is 3.48. The summed E-state index contributed by atoms with van der Waals surface area (Å²) in [7, 11) is 0. The van der Waals surface area contributed by atoms with Crippen LogP contribution in [0.25, 0.3) is 22.4 Å². The van der Waals surface area contributed by atoms with E-state index in [1.165, 1.54) is 18.5 Å². The summed E-state index contributed by atoms with van der Waals surface area (Å²) >= 11 is 0. The summed E-state index contributed by atoms with van der Waals surface area (Å²) in [6.45, 7) is 5.21. The summed E-state index contributed by atoms with van der Waals surface area (Å²) in [5, 5.41) is 2.85. The third-order valence-corrected chi connectivity index (χ3v) is 6.34. The quantitative estimate of drug-likeness (QED) is 0.726. The molecule has 7 heteroatoms. The van der Waals surface area contributed by atoms with Gasteiger partial charge in [0.05, 0.1) is 12.1 Å². The van der Waals surface area contributed by atoms with Crippen molar-refractivity contribution < 1.29 is 9.53 Å². The van der Waals surface area contributed by atoms with Crippen LogP contribution in [0.2, 0.25) is 0 Å². The van der Waals surface area contributed by atoms with E-state index in [9.17, 15) is 4.79 Å². The first-order chi connectivity index (χ1) is 14.8. The van der Waals surface area contributed by atoms with E-state index in [0.717, 1.165) is 66.5 Å². The lowest BCUT2D eigenvalue weighted by Crippen LogP contribution is -2.27. The summed E-state index contributed by atoms with van der Waals surface area (Å²) < 4.78 is 8.42. The van der Waals surface area contributed by atoms with E-state index in [-0.39, 0.29) is 6.03 Å². The first-order valence-electron chi connectivity index (χ1n) is 10.9. The Bertz CT molecular complexity index is 1110. The molecule has 3 aliphatic heterocycles. The Morgan fingerprint density at radius 3 is 2.53 bits per heavy atom. The Balaban J connectivity index is 1.43. The Morgan fingerprint density at radius 1 is 0.933 bits per heavy atom. The maximum absolute atomic E-state index is 12.0. The summed E-state index contributed by atoms with van der Waals surface area (Å²) in [5.41, 5.74) is 5.28. The number of imidazole rings is 1. The van der Waals surface area contributed by atoms with Gasteiger partial charge in [0.15, 0.2) is 0 Å². The molecule has 2 saturated heterocycles. The van der Waals surface area contributed by atoms with Crippen molar-refractivity contribution in [2.24, 2.45) is 0 Å². The molecule has 30 heavy (non-hydrogen) atoms. The highest BCUT2D eigenvalue weighted by Gasteiger charge is 2.24. The van der Waals surface area contributed by atoms with Gasteiger partial charge in [0.1, 0.15) is 17.1 Å². The van der Waals surface area contributed by atoms with E-state index >= 15 is 0 Å².